The normalized spacial score (nSPS) is 12.8. The fraction of sp³-hybridized carbons (Fsp3) is 0.190. The Bertz CT molecular complexity index is 935. The molecule has 1 atom stereocenters. The van der Waals surface area contributed by atoms with Crippen molar-refractivity contribution in [3.63, 3.8) is 0 Å². The number of hydrogen-bond acceptors (Lipinski definition) is 4. The first-order chi connectivity index (χ1) is 12.9. The Hall–Kier alpha value is -3.12. The maximum atomic E-state index is 12.3. The van der Waals surface area contributed by atoms with Gasteiger partial charge < -0.3 is 10.4 Å². The Morgan fingerprint density at radius 3 is 2.52 bits per heavy atom. The van der Waals surface area contributed by atoms with Crippen LogP contribution in [0.15, 0.2) is 48.5 Å². The van der Waals surface area contributed by atoms with E-state index in [1.54, 1.807) is 18.2 Å². The van der Waals surface area contributed by atoms with Gasteiger partial charge in [0.15, 0.2) is 0 Å². The summed E-state index contributed by atoms with van der Waals surface area (Å²) in [6.07, 6.45) is 4.46. The second-order valence-electron chi connectivity index (χ2n) is 6.21. The average molecular weight is 380 g/mol. The van der Waals surface area contributed by atoms with E-state index in [9.17, 15) is 9.90 Å². The van der Waals surface area contributed by atoms with Crippen LogP contribution in [0.4, 0.5) is 5.69 Å². The number of nitrogens with zero attached hydrogens (tertiary/aromatic N) is 2. The third-order valence-electron chi connectivity index (χ3n) is 3.98. The van der Waals surface area contributed by atoms with Crippen molar-refractivity contribution in [2.24, 2.45) is 0 Å². The molecule has 0 saturated heterocycles. The Morgan fingerprint density at radius 2 is 1.93 bits per heavy atom. The molecule has 2 rings (SSSR count). The molecule has 0 fully saturated rings. The smallest absolute Gasteiger partial charge is 0.256 e. The van der Waals surface area contributed by atoms with Crippen LogP contribution in [-0.2, 0) is 4.79 Å². The number of hydrogen-bond donors (Lipinski definition) is 2. The molecule has 5 nitrogen and oxygen atoms in total. The molecule has 0 heterocycles. The van der Waals surface area contributed by atoms with Crippen LogP contribution in [0, 0.1) is 22.7 Å². The van der Waals surface area contributed by atoms with E-state index >= 15 is 0 Å². The number of carbonyl (C=O) groups is 1. The summed E-state index contributed by atoms with van der Waals surface area (Å²) in [4.78, 5) is 12.3. The fourth-order valence-corrected chi connectivity index (χ4v) is 2.54. The first kappa shape index (κ1) is 20.2. The van der Waals surface area contributed by atoms with Crippen LogP contribution < -0.4 is 5.32 Å². The van der Waals surface area contributed by atoms with E-state index in [2.05, 4.69) is 11.4 Å². The van der Waals surface area contributed by atoms with Gasteiger partial charge in [0.1, 0.15) is 11.7 Å². The van der Waals surface area contributed by atoms with Crippen molar-refractivity contribution in [2.45, 2.75) is 25.4 Å². The molecule has 2 aromatic rings. The predicted octanol–water partition coefficient (Wildman–Crippen LogP) is 4.27. The standard InChI is InChI=1S/C21H18ClN3O2/c1-21(27,11-3-2-4-15-5-7-16(13-23)8-6-15)20(26)25-18-10-9-17(14-24)19(22)12-18/h2,4-10,12,27H,3,11H2,1H3,(H,25,26)/b4-2+/t21-/m0/s1. The van der Waals surface area contributed by atoms with Gasteiger partial charge >= 0.3 is 0 Å². The summed E-state index contributed by atoms with van der Waals surface area (Å²) in [5.74, 6) is -0.546. The topological polar surface area (TPSA) is 96.9 Å². The summed E-state index contributed by atoms with van der Waals surface area (Å²) >= 11 is 5.94. The number of amides is 1. The lowest BCUT2D eigenvalue weighted by Gasteiger charge is -2.21. The molecule has 0 radical (unpaired) electrons. The van der Waals surface area contributed by atoms with Gasteiger partial charge in [0, 0.05) is 5.69 Å². The molecular weight excluding hydrogens is 362 g/mol. The molecule has 0 spiro atoms. The van der Waals surface area contributed by atoms with E-state index in [1.807, 2.05) is 30.4 Å². The number of nitrogens with one attached hydrogen (secondary N) is 1. The van der Waals surface area contributed by atoms with Gasteiger partial charge in [0.25, 0.3) is 5.91 Å². The van der Waals surface area contributed by atoms with Crippen molar-refractivity contribution in [1.82, 2.24) is 0 Å². The highest BCUT2D eigenvalue weighted by Crippen LogP contribution is 2.22. The third-order valence-corrected chi connectivity index (χ3v) is 4.30. The van der Waals surface area contributed by atoms with Crippen LogP contribution in [0.25, 0.3) is 6.08 Å². The van der Waals surface area contributed by atoms with Gasteiger partial charge in [-0.05, 0) is 55.7 Å². The predicted molar refractivity (Wildman–Crippen MR) is 105 cm³/mol. The highest BCUT2D eigenvalue weighted by atomic mass is 35.5. The number of aliphatic hydroxyl groups is 1. The minimum Gasteiger partial charge on any atom is -0.380 e. The largest absolute Gasteiger partial charge is 0.380 e. The molecule has 2 aromatic carbocycles. The minimum atomic E-state index is -1.56. The molecular formula is C21H18ClN3O2. The van der Waals surface area contributed by atoms with Gasteiger partial charge in [-0.1, -0.05) is 35.9 Å². The molecule has 2 N–H and O–H groups in total. The molecule has 6 heteroatoms. The Labute approximate surface area is 163 Å². The molecule has 0 aliphatic heterocycles. The summed E-state index contributed by atoms with van der Waals surface area (Å²) in [6, 6.07) is 15.6. The van der Waals surface area contributed by atoms with E-state index in [0.29, 0.717) is 23.2 Å². The van der Waals surface area contributed by atoms with Gasteiger partial charge in [-0.25, -0.2) is 0 Å². The van der Waals surface area contributed by atoms with Crippen molar-refractivity contribution in [3.05, 3.63) is 70.3 Å². The molecule has 1 amide bonds. The van der Waals surface area contributed by atoms with Crippen LogP contribution >= 0.6 is 11.6 Å². The quantitative estimate of drug-likeness (QED) is 0.783. The van der Waals surface area contributed by atoms with Crippen molar-refractivity contribution in [3.8, 4) is 12.1 Å². The minimum absolute atomic E-state index is 0.232. The number of rotatable bonds is 6. The van der Waals surface area contributed by atoms with Crippen LogP contribution in [0.1, 0.15) is 36.5 Å². The highest BCUT2D eigenvalue weighted by molar-refractivity contribution is 6.32. The molecule has 0 bridgehead atoms. The summed E-state index contributed by atoms with van der Waals surface area (Å²) < 4.78 is 0. The van der Waals surface area contributed by atoms with Gasteiger partial charge in [-0.2, -0.15) is 10.5 Å². The monoisotopic (exact) mass is 379 g/mol. The maximum Gasteiger partial charge on any atom is 0.256 e. The molecule has 0 aromatic heterocycles. The Balaban J connectivity index is 1.91. The molecule has 0 aliphatic carbocycles. The second kappa shape index (κ2) is 9.00. The van der Waals surface area contributed by atoms with E-state index < -0.39 is 11.5 Å². The van der Waals surface area contributed by atoms with Gasteiger partial charge in [-0.15, -0.1) is 0 Å². The molecule has 0 unspecified atom stereocenters. The lowest BCUT2D eigenvalue weighted by Crippen LogP contribution is -2.39. The first-order valence-corrected chi connectivity index (χ1v) is 8.64. The van der Waals surface area contributed by atoms with Crippen molar-refractivity contribution in [1.29, 1.82) is 10.5 Å². The molecule has 0 saturated carbocycles. The molecule has 0 aliphatic rings. The van der Waals surface area contributed by atoms with Crippen LogP contribution in [0.2, 0.25) is 5.02 Å². The van der Waals surface area contributed by atoms with Crippen molar-refractivity contribution < 1.29 is 9.90 Å². The van der Waals surface area contributed by atoms with E-state index in [0.717, 1.165) is 5.56 Å². The number of anilines is 1. The summed E-state index contributed by atoms with van der Waals surface area (Å²) in [6.45, 7) is 1.45. The fourth-order valence-electron chi connectivity index (χ4n) is 2.32. The summed E-state index contributed by atoms with van der Waals surface area (Å²) in [5.41, 5.74) is 0.696. The van der Waals surface area contributed by atoms with Crippen LogP contribution in [0.5, 0.6) is 0 Å². The number of carbonyl (C=O) groups excluding carboxylic acids is 1. The molecule has 27 heavy (non-hydrogen) atoms. The second-order valence-corrected chi connectivity index (χ2v) is 6.62. The van der Waals surface area contributed by atoms with E-state index in [4.69, 9.17) is 22.1 Å². The van der Waals surface area contributed by atoms with Gasteiger partial charge in [0.2, 0.25) is 0 Å². The lowest BCUT2D eigenvalue weighted by molar-refractivity contribution is -0.132. The highest BCUT2D eigenvalue weighted by Gasteiger charge is 2.29. The summed E-state index contributed by atoms with van der Waals surface area (Å²) in [5, 5.41) is 30.9. The maximum absolute atomic E-state index is 12.3. The Morgan fingerprint density at radius 1 is 1.22 bits per heavy atom. The number of nitriles is 2. The van der Waals surface area contributed by atoms with E-state index in [1.165, 1.54) is 19.1 Å². The SMILES string of the molecule is C[C@](O)(CC/C=C/c1ccc(C#N)cc1)C(=O)Nc1ccc(C#N)c(Cl)c1. The number of allylic oxidation sites excluding steroid dienone is 1. The van der Waals surface area contributed by atoms with Crippen molar-refractivity contribution >= 4 is 29.3 Å². The molecule has 136 valence electrons. The van der Waals surface area contributed by atoms with Gasteiger partial charge in [-0.3, -0.25) is 4.79 Å². The van der Waals surface area contributed by atoms with Crippen LogP contribution in [-0.4, -0.2) is 16.6 Å². The van der Waals surface area contributed by atoms with Crippen molar-refractivity contribution in [2.75, 3.05) is 5.32 Å². The van der Waals surface area contributed by atoms with E-state index in [-0.39, 0.29) is 11.4 Å². The first-order valence-electron chi connectivity index (χ1n) is 8.26. The zero-order valence-electron chi connectivity index (χ0n) is 14.7. The number of benzene rings is 2. The van der Waals surface area contributed by atoms with Crippen LogP contribution in [0.3, 0.4) is 0 Å². The average Bonchev–Trinajstić information content (AvgIpc) is 2.66. The van der Waals surface area contributed by atoms with Gasteiger partial charge in [0.05, 0.1) is 22.2 Å². The Kier molecular flexibility index (Phi) is 6.73. The zero-order valence-corrected chi connectivity index (χ0v) is 15.5. The zero-order chi connectivity index (χ0) is 19.9. The lowest BCUT2D eigenvalue weighted by atomic mass is 9.98. The third kappa shape index (κ3) is 5.69. The number of halogens is 1. The summed E-state index contributed by atoms with van der Waals surface area (Å²) in [7, 11) is 0.